The molecule has 0 aliphatic rings. The maximum absolute atomic E-state index is 12.4. The van der Waals surface area contributed by atoms with Gasteiger partial charge in [0.25, 0.3) is 5.22 Å². The summed E-state index contributed by atoms with van der Waals surface area (Å²) in [5, 5.41) is 11.0. The van der Waals surface area contributed by atoms with E-state index in [-0.39, 0.29) is 11.2 Å². The summed E-state index contributed by atoms with van der Waals surface area (Å²) < 4.78 is 11.1. The van der Waals surface area contributed by atoms with Crippen LogP contribution in [0.4, 0.5) is 5.69 Å². The largest absolute Gasteiger partial charge is 0.494 e. The van der Waals surface area contributed by atoms with Gasteiger partial charge in [0.15, 0.2) is 0 Å². The molecule has 0 aliphatic carbocycles. The van der Waals surface area contributed by atoms with E-state index in [1.54, 1.807) is 6.92 Å². The first kappa shape index (κ1) is 19.9. The summed E-state index contributed by atoms with van der Waals surface area (Å²) in [6.07, 6.45) is 0. The third kappa shape index (κ3) is 4.92. The molecule has 0 radical (unpaired) electrons. The summed E-state index contributed by atoms with van der Waals surface area (Å²) in [5.41, 5.74) is 3.95. The maximum atomic E-state index is 12.4. The van der Waals surface area contributed by atoms with Crippen molar-refractivity contribution < 1.29 is 13.9 Å². The number of rotatable bonds is 7. The van der Waals surface area contributed by atoms with Crippen LogP contribution < -0.4 is 10.1 Å². The first-order valence-corrected chi connectivity index (χ1v) is 9.95. The fourth-order valence-corrected chi connectivity index (χ4v) is 3.18. The number of thioether (sulfide) groups is 1. The Morgan fingerprint density at radius 1 is 1.14 bits per heavy atom. The summed E-state index contributed by atoms with van der Waals surface area (Å²) in [7, 11) is 0. The minimum absolute atomic E-state index is 0.139. The Morgan fingerprint density at radius 3 is 2.57 bits per heavy atom. The van der Waals surface area contributed by atoms with Gasteiger partial charge in [-0.1, -0.05) is 17.8 Å². The van der Waals surface area contributed by atoms with Crippen LogP contribution in [-0.2, 0) is 4.79 Å². The minimum atomic E-state index is -0.389. The van der Waals surface area contributed by atoms with E-state index < -0.39 is 0 Å². The van der Waals surface area contributed by atoms with Gasteiger partial charge in [0, 0.05) is 11.3 Å². The van der Waals surface area contributed by atoms with Crippen molar-refractivity contribution in [2.75, 3.05) is 11.9 Å². The van der Waals surface area contributed by atoms with Gasteiger partial charge >= 0.3 is 0 Å². The monoisotopic (exact) mass is 397 g/mol. The van der Waals surface area contributed by atoms with Gasteiger partial charge in [-0.25, -0.2) is 0 Å². The molecule has 1 N–H and O–H groups in total. The summed E-state index contributed by atoms with van der Waals surface area (Å²) in [6, 6.07) is 13.3. The Hall–Kier alpha value is -2.80. The van der Waals surface area contributed by atoms with Crippen LogP contribution in [0.15, 0.2) is 52.1 Å². The van der Waals surface area contributed by atoms with Crippen LogP contribution in [0.1, 0.15) is 25.0 Å². The molecule has 1 atom stereocenters. The summed E-state index contributed by atoms with van der Waals surface area (Å²) in [4.78, 5) is 12.4. The molecule has 6 nitrogen and oxygen atoms in total. The van der Waals surface area contributed by atoms with Gasteiger partial charge in [0.05, 0.1) is 11.9 Å². The Balaban J connectivity index is 1.61. The van der Waals surface area contributed by atoms with Gasteiger partial charge in [0.2, 0.25) is 11.8 Å². The quantitative estimate of drug-likeness (QED) is 0.573. The summed E-state index contributed by atoms with van der Waals surface area (Å²) >= 11 is 1.23. The number of carbonyl (C=O) groups is 1. The molecule has 1 heterocycles. The Kier molecular flexibility index (Phi) is 6.36. The van der Waals surface area contributed by atoms with Gasteiger partial charge in [0.1, 0.15) is 5.75 Å². The Morgan fingerprint density at radius 2 is 1.89 bits per heavy atom. The molecule has 0 spiro atoms. The van der Waals surface area contributed by atoms with Crippen molar-refractivity contribution in [1.82, 2.24) is 10.2 Å². The zero-order chi connectivity index (χ0) is 20.1. The number of benzene rings is 2. The molecule has 28 heavy (non-hydrogen) atoms. The maximum Gasteiger partial charge on any atom is 0.277 e. The average molecular weight is 398 g/mol. The first-order chi connectivity index (χ1) is 13.5. The highest BCUT2D eigenvalue weighted by Crippen LogP contribution is 2.28. The average Bonchev–Trinajstić information content (AvgIpc) is 3.14. The molecule has 0 fully saturated rings. The van der Waals surface area contributed by atoms with Crippen LogP contribution in [-0.4, -0.2) is 28.0 Å². The van der Waals surface area contributed by atoms with Gasteiger partial charge in [-0.2, -0.15) is 0 Å². The third-order valence-corrected chi connectivity index (χ3v) is 5.17. The second kappa shape index (κ2) is 8.93. The molecule has 1 aromatic heterocycles. The lowest BCUT2D eigenvalue weighted by Gasteiger charge is -2.10. The summed E-state index contributed by atoms with van der Waals surface area (Å²) in [5.74, 6) is 1.08. The Labute approximate surface area is 168 Å². The van der Waals surface area contributed by atoms with Crippen LogP contribution >= 0.6 is 11.8 Å². The van der Waals surface area contributed by atoms with Crippen LogP contribution in [0, 0.1) is 13.8 Å². The molecular weight excluding hydrogens is 374 g/mol. The topological polar surface area (TPSA) is 77.2 Å². The van der Waals surface area contributed by atoms with E-state index in [2.05, 4.69) is 22.4 Å². The molecule has 7 heteroatoms. The third-order valence-electron chi connectivity index (χ3n) is 4.24. The van der Waals surface area contributed by atoms with Crippen LogP contribution in [0.2, 0.25) is 0 Å². The smallest absolute Gasteiger partial charge is 0.277 e. The first-order valence-electron chi connectivity index (χ1n) is 9.07. The number of amides is 1. The number of ether oxygens (including phenoxy) is 1. The fraction of sp³-hybridized carbons (Fsp3) is 0.286. The van der Waals surface area contributed by atoms with Gasteiger partial charge in [-0.15, -0.1) is 10.2 Å². The number of carbonyl (C=O) groups excluding carboxylic acids is 1. The molecule has 0 saturated heterocycles. The number of hydrogen-bond acceptors (Lipinski definition) is 6. The standard InChI is InChI=1S/C21H23N3O3S/c1-5-26-18-10-8-17(9-11-18)22-19(25)15(4)28-21-24-23-20(27-21)16-7-6-13(2)14(3)12-16/h6-12,15H,5H2,1-4H3,(H,22,25)/t15-/m0/s1. The van der Waals surface area contributed by atoms with Crippen molar-refractivity contribution in [3.8, 4) is 17.2 Å². The van der Waals surface area contributed by atoms with Crippen molar-refractivity contribution in [3.63, 3.8) is 0 Å². The van der Waals surface area contributed by atoms with Crippen molar-refractivity contribution in [2.45, 2.75) is 38.2 Å². The van der Waals surface area contributed by atoms with Gasteiger partial charge in [-0.3, -0.25) is 4.79 Å². The highest BCUT2D eigenvalue weighted by atomic mass is 32.2. The second-order valence-corrected chi connectivity index (χ2v) is 7.67. The van der Waals surface area contributed by atoms with Crippen molar-refractivity contribution in [1.29, 1.82) is 0 Å². The highest BCUT2D eigenvalue weighted by Gasteiger charge is 2.19. The highest BCUT2D eigenvalue weighted by molar-refractivity contribution is 8.00. The van der Waals surface area contributed by atoms with E-state index >= 15 is 0 Å². The van der Waals surface area contributed by atoms with E-state index in [1.165, 1.54) is 17.3 Å². The van der Waals surface area contributed by atoms with E-state index in [0.29, 0.717) is 23.4 Å². The zero-order valence-electron chi connectivity index (χ0n) is 16.4. The number of nitrogens with zero attached hydrogens (tertiary/aromatic N) is 2. The predicted octanol–water partition coefficient (Wildman–Crippen LogP) is 4.87. The van der Waals surface area contributed by atoms with Crippen molar-refractivity contribution in [2.24, 2.45) is 0 Å². The molecule has 146 valence electrons. The molecule has 2 aromatic carbocycles. The summed E-state index contributed by atoms with van der Waals surface area (Å²) in [6.45, 7) is 8.43. The SMILES string of the molecule is CCOc1ccc(NC(=O)[C@H](C)Sc2nnc(-c3ccc(C)c(C)c3)o2)cc1. The van der Waals surface area contributed by atoms with Gasteiger partial charge < -0.3 is 14.5 Å². The molecule has 0 saturated carbocycles. The van der Waals surface area contributed by atoms with E-state index in [9.17, 15) is 4.79 Å². The number of anilines is 1. The molecule has 3 aromatic rings. The minimum Gasteiger partial charge on any atom is -0.494 e. The number of nitrogens with one attached hydrogen (secondary N) is 1. The second-order valence-electron chi connectivity index (χ2n) is 6.38. The van der Waals surface area contributed by atoms with Crippen LogP contribution in [0.25, 0.3) is 11.5 Å². The molecular formula is C21H23N3O3S. The van der Waals surface area contributed by atoms with Crippen LogP contribution in [0.5, 0.6) is 5.75 Å². The molecule has 0 unspecified atom stereocenters. The zero-order valence-corrected chi connectivity index (χ0v) is 17.2. The van der Waals surface area contributed by atoms with Crippen molar-refractivity contribution >= 4 is 23.4 Å². The molecule has 0 bridgehead atoms. The lowest BCUT2D eigenvalue weighted by molar-refractivity contribution is -0.115. The lowest BCUT2D eigenvalue weighted by Crippen LogP contribution is -2.22. The van der Waals surface area contributed by atoms with E-state index in [1.807, 2.05) is 56.3 Å². The van der Waals surface area contributed by atoms with Gasteiger partial charge in [-0.05, 0) is 75.2 Å². The molecule has 0 aliphatic heterocycles. The predicted molar refractivity (Wildman–Crippen MR) is 111 cm³/mol. The Bertz CT molecular complexity index is 954. The lowest BCUT2D eigenvalue weighted by atomic mass is 10.1. The molecule has 1 amide bonds. The molecule has 3 rings (SSSR count). The van der Waals surface area contributed by atoms with Crippen LogP contribution in [0.3, 0.4) is 0 Å². The number of aryl methyl sites for hydroxylation is 2. The van der Waals surface area contributed by atoms with Crippen molar-refractivity contribution in [3.05, 3.63) is 53.6 Å². The van der Waals surface area contributed by atoms with E-state index in [4.69, 9.17) is 9.15 Å². The fourth-order valence-electron chi connectivity index (χ4n) is 2.50. The van der Waals surface area contributed by atoms with E-state index in [0.717, 1.165) is 16.9 Å². The normalized spacial score (nSPS) is 11.9. The number of hydrogen-bond donors (Lipinski definition) is 1. The number of aromatic nitrogens is 2.